The van der Waals surface area contributed by atoms with E-state index < -0.39 is 0 Å². The topological polar surface area (TPSA) is 4.93 Å². The van der Waals surface area contributed by atoms with Crippen molar-refractivity contribution in [3.63, 3.8) is 0 Å². The number of hydrogen-bond acceptors (Lipinski definition) is 1. The van der Waals surface area contributed by atoms with E-state index in [1.54, 1.807) is 0 Å². The van der Waals surface area contributed by atoms with E-state index in [-0.39, 0.29) is 0 Å². The Kier molecular flexibility index (Phi) is 3.96. The average molecular weight is 380 g/mol. The lowest BCUT2D eigenvalue weighted by molar-refractivity contribution is 1.18. The highest BCUT2D eigenvalue weighted by Gasteiger charge is 2.18. The second-order valence-corrected chi connectivity index (χ2v) is 8.19. The summed E-state index contributed by atoms with van der Waals surface area (Å²) in [6.07, 6.45) is 6.29. The molecule has 28 heavy (non-hydrogen) atoms. The van der Waals surface area contributed by atoms with Crippen molar-refractivity contribution in [1.29, 1.82) is 0 Å². The van der Waals surface area contributed by atoms with Crippen molar-refractivity contribution >= 4 is 55.4 Å². The van der Waals surface area contributed by atoms with Gasteiger partial charge in [0.05, 0.1) is 11.0 Å². The monoisotopic (exact) mass is 379 g/mol. The number of allylic oxidation sites excluding steroid dienone is 1. The molecule has 0 aliphatic rings. The Morgan fingerprint density at radius 1 is 0.929 bits per heavy atom. The molecule has 136 valence electrons. The van der Waals surface area contributed by atoms with Crippen LogP contribution in [0.4, 0.5) is 0 Å². The summed E-state index contributed by atoms with van der Waals surface area (Å²) in [5.41, 5.74) is 6.19. The fraction of sp³-hybridized carbons (Fsp3) is 0.0769. The number of nitrogens with zero attached hydrogens (tertiary/aromatic N) is 1. The van der Waals surface area contributed by atoms with Crippen molar-refractivity contribution in [2.75, 3.05) is 0 Å². The molecule has 0 N–H and O–H groups in total. The van der Waals surface area contributed by atoms with E-state index >= 15 is 0 Å². The highest BCUT2D eigenvalue weighted by Crippen LogP contribution is 2.42. The molecule has 3 aromatic carbocycles. The Balaban J connectivity index is 2.05. The first-order chi connectivity index (χ1) is 13.7. The van der Waals surface area contributed by atoms with Gasteiger partial charge in [0.2, 0.25) is 0 Å². The van der Waals surface area contributed by atoms with Crippen LogP contribution in [-0.2, 0) is 0 Å². The Morgan fingerprint density at radius 3 is 2.46 bits per heavy atom. The summed E-state index contributed by atoms with van der Waals surface area (Å²) in [4.78, 5) is 1.26. The molecule has 0 atom stereocenters. The minimum atomic E-state index is 1.19. The first-order valence-corrected chi connectivity index (χ1v) is 10.4. The van der Waals surface area contributed by atoms with Gasteiger partial charge in [-0.05, 0) is 44.2 Å². The average Bonchev–Trinajstić information content (AvgIpc) is 3.24. The summed E-state index contributed by atoms with van der Waals surface area (Å²) in [6, 6.07) is 22.0. The minimum Gasteiger partial charge on any atom is -0.309 e. The second kappa shape index (κ2) is 6.50. The summed E-state index contributed by atoms with van der Waals surface area (Å²) in [5.74, 6) is 0. The highest BCUT2D eigenvalue weighted by atomic mass is 32.1. The summed E-state index contributed by atoms with van der Waals surface area (Å²) >= 11 is 1.83. The van der Waals surface area contributed by atoms with E-state index in [2.05, 4.69) is 97.8 Å². The molecule has 0 saturated heterocycles. The molecular weight excluding hydrogens is 358 g/mol. The molecule has 0 saturated carbocycles. The third-order valence-corrected chi connectivity index (χ3v) is 6.50. The maximum absolute atomic E-state index is 4.13. The van der Waals surface area contributed by atoms with Crippen LogP contribution in [0, 0.1) is 6.92 Å². The molecule has 5 rings (SSSR count). The maximum Gasteiger partial charge on any atom is 0.0634 e. The second-order valence-electron chi connectivity index (χ2n) is 7.11. The molecule has 0 aliphatic carbocycles. The molecule has 1 nitrogen and oxygen atoms in total. The van der Waals surface area contributed by atoms with Crippen LogP contribution in [0.5, 0.6) is 0 Å². The van der Waals surface area contributed by atoms with E-state index in [1.807, 2.05) is 17.4 Å². The fourth-order valence-corrected chi connectivity index (χ4v) is 5.30. The fourth-order valence-electron chi connectivity index (χ4n) is 4.12. The van der Waals surface area contributed by atoms with Crippen molar-refractivity contribution in [2.45, 2.75) is 13.8 Å². The maximum atomic E-state index is 4.13. The SMILES string of the molecule is C=Cc1c(/C=C\C)sc2ccc3c4ccccc4n(-c4ccc(C)cc4)c3c12. The Hall–Kier alpha value is -3.10. The van der Waals surface area contributed by atoms with Gasteiger partial charge in [0.1, 0.15) is 0 Å². The molecule has 0 amide bonds. The van der Waals surface area contributed by atoms with Gasteiger partial charge in [0.25, 0.3) is 0 Å². The van der Waals surface area contributed by atoms with Crippen molar-refractivity contribution in [2.24, 2.45) is 0 Å². The predicted octanol–water partition coefficient (Wildman–Crippen LogP) is 7.98. The number of hydrogen-bond donors (Lipinski definition) is 0. The van der Waals surface area contributed by atoms with Gasteiger partial charge in [0.15, 0.2) is 0 Å². The number of aromatic nitrogens is 1. The molecule has 2 heterocycles. The van der Waals surface area contributed by atoms with E-state index in [4.69, 9.17) is 0 Å². The Morgan fingerprint density at radius 2 is 1.71 bits per heavy atom. The Labute approximate surface area is 168 Å². The lowest BCUT2D eigenvalue weighted by atomic mass is 10.1. The van der Waals surface area contributed by atoms with E-state index in [9.17, 15) is 0 Å². The number of fused-ring (bicyclic) bond motifs is 5. The quantitative estimate of drug-likeness (QED) is 0.299. The molecular formula is C26H21NS. The van der Waals surface area contributed by atoms with Crippen LogP contribution < -0.4 is 0 Å². The summed E-state index contributed by atoms with van der Waals surface area (Å²) in [7, 11) is 0. The molecule has 0 bridgehead atoms. The number of thiophene rings is 1. The van der Waals surface area contributed by atoms with Gasteiger partial charge in [-0.2, -0.15) is 0 Å². The van der Waals surface area contributed by atoms with Crippen LogP contribution in [-0.4, -0.2) is 4.57 Å². The number of benzene rings is 3. The Bertz CT molecular complexity index is 1380. The summed E-state index contributed by atoms with van der Waals surface area (Å²) < 4.78 is 3.71. The van der Waals surface area contributed by atoms with Crippen molar-refractivity contribution in [3.8, 4) is 5.69 Å². The van der Waals surface area contributed by atoms with E-state index in [1.165, 1.54) is 53.6 Å². The molecule has 0 fully saturated rings. The molecule has 2 aromatic heterocycles. The van der Waals surface area contributed by atoms with E-state index in [0.717, 1.165) is 0 Å². The van der Waals surface area contributed by atoms with Gasteiger partial charge in [-0.15, -0.1) is 11.3 Å². The molecule has 0 unspecified atom stereocenters. The number of rotatable bonds is 3. The largest absolute Gasteiger partial charge is 0.309 e. The zero-order valence-corrected chi connectivity index (χ0v) is 16.9. The first-order valence-electron chi connectivity index (χ1n) is 9.53. The van der Waals surface area contributed by atoms with Crippen LogP contribution >= 0.6 is 11.3 Å². The minimum absolute atomic E-state index is 1.19. The predicted molar refractivity (Wildman–Crippen MR) is 126 cm³/mol. The van der Waals surface area contributed by atoms with Crippen LogP contribution in [0.15, 0.2) is 73.3 Å². The van der Waals surface area contributed by atoms with Gasteiger partial charge in [-0.1, -0.05) is 60.7 Å². The lowest BCUT2D eigenvalue weighted by Gasteiger charge is -2.09. The van der Waals surface area contributed by atoms with Crippen LogP contribution in [0.2, 0.25) is 0 Å². The molecule has 0 radical (unpaired) electrons. The van der Waals surface area contributed by atoms with Gasteiger partial charge in [0, 0.05) is 37.0 Å². The zero-order chi connectivity index (χ0) is 19.3. The van der Waals surface area contributed by atoms with Crippen molar-refractivity contribution in [3.05, 3.63) is 89.3 Å². The molecule has 0 spiro atoms. The summed E-state index contributed by atoms with van der Waals surface area (Å²) in [5, 5.41) is 3.87. The molecule has 5 aromatic rings. The van der Waals surface area contributed by atoms with Crippen molar-refractivity contribution in [1.82, 2.24) is 4.57 Å². The zero-order valence-electron chi connectivity index (χ0n) is 16.1. The normalized spacial score (nSPS) is 11.9. The van der Waals surface area contributed by atoms with E-state index in [0.29, 0.717) is 0 Å². The summed E-state index contributed by atoms with van der Waals surface area (Å²) in [6.45, 7) is 8.33. The third-order valence-electron chi connectivity index (χ3n) is 5.37. The van der Waals surface area contributed by atoms with Gasteiger partial charge < -0.3 is 4.57 Å². The highest BCUT2D eigenvalue weighted by molar-refractivity contribution is 7.20. The first kappa shape index (κ1) is 17.0. The van der Waals surface area contributed by atoms with Crippen molar-refractivity contribution < 1.29 is 0 Å². The third kappa shape index (κ3) is 2.38. The van der Waals surface area contributed by atoms with Gasteiger partial charge >= 0.3 is 0 Å². The smallest absolute Gasteiger partial charge is 0.0634 e. The number of aryl methyl sites for hydroxylation is 1. The lowest BCUT2D eigenvalue weighted by Crippen LogP contribution is -1.94. The van der Waals surface area contributed by atoms with Crippen LogP contribution in [0.1, 0.15) is 22.9 Å². The standard InChI is InChI=1S/C26H21NS/c1-4-8-23-19(5-2)25-24(28-23)16-15-21-20-9-6-7-10-22(20)27(26(21)25)18-13-11-17(3)12-14-18/h4-16H,2H2,1,3H3/b8-4-. The molecule has 0 aliphatic heterocycles. The van der Waals surface area contributed by atoms with Crippen LogP contribution in [0.25, 0.3) is 49.7 Å². The van der Waals surface area contributed by atoms with Gasteiger partial charge in [-0.25, -0.2) is 0 Å². The van der Waals surface area contributed by atoms with Gasteiger partial charge in [-0.3, -0.25) is 0 Å². The molecule has 2 heteroatoms. The number of para-hydroxylation sites is 1. The van der Waals surface area contributed by atoms with Crippen LogP contribution in [0.3, 0.4) is 0 Å².